The number of carbonyl (C=O) groups excluding carboxylic acids is 2. The molecule has 2 aromatic heterocycles. The van der Waals surface area contributed by atoms with Gasteiger partial charge in [-0.1, -0.05) is 47.6 Å². The third-order valence-corrected chi connectivity index (χ3v) is 10.8. The second-order valence-electron chi connectivity index (χ2n) is 12.6. The fourth-order valence-corrected chi connectivity index (χ4v) is 7.69. The highest BCUT2D eigenvalue weighted by atomic mass is 35.5. The van der Waals surface area contributed by atoms with Gasteiger partial charge < -0.3 is 36.5 Å². The molecule has 2 aromatic carbocycles. The number of pyridine rings is 1. The number of nitrogens with two attached hydrogens (primary N) is 2. The number of nitrogens with zero attached hydrogens (tertiary/aromatic N) is 5. The van der Waals surface area contributed by atoms with Gasteiger partial charge in [-0.05, 0) is 62.4 Å². The first-order valence-electron chi connectivity index (χ1n) is 17.6. The van der Waals surface area contributed by atoms with Gasteiger partial charge in [-0.2, -0.15) is 10.5 Å². The van der Waals surface area contributed by atoms with Crippen molar-refractivity contribution >= 4 is 58.4 Å². The van der Waals surface area contributed by atoms with Crippen molar-refractivity contribution in [3.05, 3.63) is 75.8 Å². The van der Waals surface area contributed by atoms with E-state index in [1.54, 1.807) is 24.3 Å². The summed E-state index contributed by atoms with van der Waals surface area (Å²) < 4.78 is 11.1. The Labute approximate surface area is 332 Å². The Bertz CT molecular complexity index is 2060. The van der Waals surface area contributed by atoms with E-state index in [2.05, 4.69) is 27.7 Å². The molecule has 17 heteroatoms. The van der Waals surface area contributed by atoms with Crippen LogP contribution in [-0.4, -0.2) is 72.7 Å². The lowest BCUT2D eigenvalue weighted by atomic mass is 9.96. The van der Waals surface area contributed by atoms with E-state index in [0.717, 1.165) is 42.2 Å². The number of benzene rings is 2. The van der Waals surface area contributed by atoms with Crippen LogP contribution >= 0.6 is 34.7 Å². The molecule has 1 aliphatic heterocycles. The maximum atomic E-state index is 12.5. The Morgan fingerprint density at radius 2 is 1.75 bits per heavy atom. The number of halogens is 1. The number of esters is 1. The fraction of sp³-hybridized carbons (Fsp3) is 0.342. The number of nitrogens with one attached hydrogen (secondary N) is 3. The number of aromatic nitrogens is 2. The summed E-state index contributed by atoms with van der Waals surface area (Å²) in [4.78, 5) is 36.6. The SMILES string of the molecule is C[C@H](NC(=O)[C@@H](N)CCCNC(=N)N)C(=O)OCCOc1ccc(-c2c(C#N)c(SCc3csc(-c4ccc(Cl)cc4)n3)nc(N3CCCC3)c2C#N)cc1. The van der Waals surface area contributed by atoms with Gasteiger partial charge in [-0.15, -0.1) is 11.3 Å². The molecule has 0 unspecified atom stereocenters. The lowest BCUT2D eigenvalue weighted by Crippen LogP contribution is -2.48. The highest BCUT2D eigenvalue weighted by Crippen LogP contribution is 2.40. The lowest BCUT2D eigenvalue weighted by Gasteiger charge is -2.22. The molecule has 55 heavy (non-hydrogen) atoms. The quantitative estimate of drug-likeness (QED) is 0.0305. The summed E-state index contributed by atoms with van der Waals surface area (Å²) in [6.07, 6.45) is 2.84. The number of hydrogen-bond donors (Lipinski definition) is 5. The van der Waals surface area contributed by atoms with Crippen molar-refractivity contribution in [1.29, 1.82) is 15.9 Å². The average Bonchev–Trinajstić information content (AvgIpc) is 3.90. The molecule has 1 fully saturated rings. The molecule has 1 aliphatic rings. The number of thioether (sulfide) groups is 1. The van der Waals surface area contributed by atoms with Gasteiger partial charge >= 0.3 is 5.97 Å². The summed E-state index contributed by atoms with van der Waals surface area (Å²) in [5.74, 6) is 0.252. The molecule has 1 amide bonds. The highest BCUT2D eigenvalue weighted by Gasteiger charge is 2.27. The minimum atomic E-state index is -0.918. The van der Waals surface area contributed by atoms with Crippen LogP contribution in [-0.2, 0) is 20.1 Å². The van der Waals surface area contributed by atoms with Gasteiger partial charge in [-0.3, -0.25) is 10.2 Å². The molecule has 0 bridgehead atoms. The molecule has 1 saturated heterocycles. The Balaban J connectivity index is 1.23. The number of thiazole rings is 1. The Kier molecular flexibility index (Phi) is 14.7. The molecule has 2 atom stereocenters. The summed E-state index contributed by atoms with van der Waals surface area (Å²) in [5.41, 5.74) is 14.8. The van der Waals surface area contributed by atoms with E-state index < -0.39 is 24.0 Å². The topological polar surface area (TPSA) is 229 Å². The second-order valence-corrected chi connectivity index (χ2v) is 14.8. The van der Waals surface area contributed by atoms with Gasteiger partial charge in [0.25, 0.3) is 0 Å². The summed E-state index contributed by atoms with van der Waals surface area (Å²) in [6.45, 7) is 3.43. The fourth-order valence-electron chi connectivity index (χ4n) is 5.75. The summed E-state index contributed by atoms with van der Waals surface area (Å²) in [5, 5.41) is 37.3. The zero-order valence-electron chi connectivity index (χ0n) is 30.1. The predicted molar refractivity (Wildman–Crippen MR) is 214 cm³/mol. The smallest absolute Gasteiger partial charge is 0.328 e. The van der Waals surface area contributed by atoms with Crippen LogP contribution in [0.5, 0.6) is 5.75 Å². The van der Waals surface area contributed by atoms with Crippen LogP contribution in [0.15, 0.2) is 58.9 Å². The molecule has 4 aromatic rings. The van der Waals surface area contributed by atoms with Gasteiger partial charge in [0, 0.05) is 46.9 Å². The standard InChI is InChI=1S/C38H41ClN10O4S2/c1-23(46-34(50)31(42)5-4-14-45-38(43)44)37(51)53-18-17-52-28-12-8-24(9-13-28)32-29(19-40)33(49-15-2-3-16-49)48-36(30(32)20-41)55-22-27-21-54-35(47-27)25-6-10-26(39)11-7-25/h6-13,21,23,31H,2-5,14-18,22,42H2,1H3,(H,46,50)(H4,43,44,45)/t23-,31-/m0/s1. The predicted octanol–water partition coefficient (Wildman–Crippen LogP) is 5.18. The Hall–Kier alpha value is -5.39. The van der Waals surface area contributed by atoms with Crippen molar-refractivity contribution in [2.45, 2.75) is 55.5 Å². The maximum absolute atomic E-state index is 12.5. The minimum absolute atomic E-state index is 0.0484. The summed E-state index contributed by atoms with van der Waals surface area (Å²) in [7, 11) is 0. The van der Waals surface area contributed by atoms with Crippen molar-refractivity contribution < 1.29 is 19.1 Å². The molecule has 5 rings (SSSR count). The number of anilines is 1. The number of rotatable bonds is 17. The van der Waals surface area contributed by atoms with Gasteiger partial charge in [0.05, 0.1) is 17.3 Å². The van der Waals surface area contributed by atoms with Crippen LogP contribution in [0.25, 0.3) is 21.7 Å². The molecule has 0 aliphatic carbocycles. The average molecular weight is 801 g/mol. The molecular weight excluding hydrogens is 760 g/mol. The van der Waals surface area contributed by atoms with E-state index in [4.69, 9.17) is 47.9 Å². The van der Waals surface area contributed by atoms with E-state index in [-0.39, 0.29) is 19.2 Å². The number of guanidine groups is 1. The molecule has 0 spiro atoms. The van der Waals surface area contributed by atoms with E-state index >= 15 is 0 Å². The van der Waals surface area contributed by atoms with Crippen molar-refractivity contribution in [2.75, 3.05) is 37.7 Å². The van der Waals surface area contributed by atoms with Gasteiger partial charge in [0.2, 0.25) is 5.91 Å². The van der Waals surface area contributed by atoms with Crippen LogP contribution in [0, 0.1) is 28.1 Å². The molecule has 0 saturated carbocycles. The van der Waals surface area contributed by atoms with Gasteiger partial charge in [0.1, 0.15) is 58.6 Å². The second kappa shape index (κ2) is 19.8. The van der Waals surface area contributed by atoms with Gasteiger partial charge in [0.15, 0.2) is 5.96 Å². The summed E-state index contributed by atoms with van der Waals surface area (Å²) in [6, 6.07) is 17.5. The van der Waals surface area contributed by atoms with Crippen LogP contribution in [0.1, 0.15) is 49.4 Å². The van der Waals surface area contributed by atoms with Crippen LogP contribution in [0.3, 0.4) is 0 Å². The maximum Gasteiger partial charge on any atom is 0.328 e. The molecule has 286 valence electrons. The highest BCUT2D eigenvalue weighted by molar-refractivity contribution is 7.98. The largest absolute Gasteiger partial charge is 0.490 e. The number of carbonyl (C=O) groups is 2. The van der Waals surface area contributed by atoms with E-state index in [9.17, 15) is 20.1 Å². The van der Waals surface area contributed by atoms with Crippen molar-refractivity contribution in [3.8, 4) is 39.6 Å². The monoisotopic (exact) mass is 800 g/mol. The minimum Gasteiger partial charge on any atom is -0.490 e. The van der Waals surface area contributed by atoms with Crippen molar-refractivity contribution in [2.24, 2.45) is 11.5 Å². The number of nitriles is 2. The van der Waals surface area contributed by atoms with Crippen LogP contribution in [0.4, 0.5) is 5.82 Å². The van der Waals surface area contributed by atoms with E-state index in [1.807, 2.05) is 29.6 Å². The molecular formula is C38H41ClN10O4S2. The zero-order chi connectivity index (χ0) is 39.3. The van der Waals surface area contributed by atoms with E-state index in [1.165, 1.54) is 30.0 Å². The number of hydrogen-bond acceptors (Lipinski definition) is 13. The first kappa shape index (κ1) is 40.8. The number of amides is 1. The first-order valence-corrected chi connectivity index (χ1v) is 19.8. The number of ether oxygens (including phenoxy) is 2. The normalized spacial score (nSPS) is 13.3. The molecule has 7 N–H and O–H groups in total. The van der Waals surface area contributed by atoms with E-state index in [0.29, 0.717) is 69.0 Å². The van der Waals surface area contributed by atoms with Gasteiger partial charge in [-0.25, -0.2) is 14.8 Å². The first-order chi connectivity index (χ1) is 26.6. The molecule has 3 heterocycles. The van der Waals surface area contributed by atoms with Crippen molar-refractivity contribution in [1.82, 2.24) is 20.6 Å². The van der Waals surface area contributed by atoms with Crippen molar-refractivity contribution in [3.63, 3.8) is 0 Å². The Morgan fingerprint density at radius 1 is 1.05 bits per heavy atom. The lowest BCUT2D eigenvalue weighted by molar-refractivity contribution is -0.148. The summed E-state index contributed by atoms with van der Waals surface area (Å²) >= 11 is 9.00. The Morgan fingerprint density at radius 3 is 2.42 bits per heavy atom. The third-order valence-electron chi connectivity index (χ3n) is 8.57. The van der Waals surface area contributed by atoms with Crippen LogP contribution in [0.2, 0.25) is 5.02 Å². The van der Waals surface area contributed by atoms with Crippen LogP contribution < -0.4 is 31.7 Å². The third kappa shape index (κ3) is 11.1. The molecule has 14 nitrogen and oxygen atoms in total. The zero-order valence-corrected chi connectivity index (χ0v) is 32.5. The molecule has 0 radical (unpaired) electrons.